The third-order valence-electron chi connectivity index (χ3n) is 1.83. The Morgan fingerprint density at radius 3 is 3.00 bits per heavy atom. The van der Waals surface area contributed by atoms with Gasteiger partial charge in [-0.05, 0) is 12.1 Å². The monoisotopic (exact) mass is 220 g/mol. The molecule has 76 valence electrons. The summed E-state index contributed by atoms with van der Waals surface area (Å²) in [5, 5.41) is 4.86. The molecule has 0 saturated carbocycles. The molecule has 0 aliphatic carbocycles. The highest BCUT2D eigenvalue weighted by Gasteiger charge is 2.02. The second-order valence-electron chi connectivity index (χ2n) is 2.90. The van der Waals surface area contributed by atoms with Gasteiger partial charge < -0.3 is 5.73 Å². The minimum absolute atomic E-state index is 0.621. The molecule has 2 rings (SSSR count). The first-order valence-electron chi connectivity index (χ1n) is 4.35. The van der Waals surface area contributed by atoms with Gasteiger partial charge in [0.05, 0.1) is 0 Å². The van der Waals surface area contributed by atoms with Crippen LogP contribution in [0.5, 0.6) is 0 Å². The summed E-state index contributed by atoms with van der Waals surface area (Å²) in [5.74, 6) is 0.621. The van der Waals surface area contributed by atoms with Crippen LogP contribution in [0.4, 0.5) is 0 Å². The van der Waals surface area contributed by atoms with Crippen LogP contribution in [0.15, 0.2) is 36.8 Å². The van der Waals surface area contributed by atoms with Crippen molar-refractivity contribution >= 4 is 17.8 Å². The van der Waals surface area contributed by atoms with Crippen molar-refractivity contribution in [3.05, 3.63) is 41.8 Å². The van der Waals surface area contributed by atoms with Crippen LogP contribution in [0.3, 0.4) is 0 Å². The number of rotatable bonds is 2. The Morgan fingerprint density at radius 1 is 1.40 bits per heavy atom. The lowest BCUT2D eigenvalue weighted by Crippen LogP contribution is -1.89. The Kier molecular flexibility index (Phi) is 2.69. The standard InChI is InChI=1S/C10H9ClN4/c11-9-3-1-2-8(6-9)10-13-7-15(14-10)5-4-12/h1-7H,12H2/b5-4-. The van der Waals surface area contributed by atoms with Gasteiger partial charge in [-0.2, -0.15) is 0 Å². The molecule has 0 amide bonds. The van der Waals surface area contributed by atoms with E-state index in [-0.39, 0.29) is 0 Å². The van der Waals surface area contributed by atoms with Gasteiger partial charge in [0.15, 0.2) is 5.82 Å². The Bertz CT molecular complexity index is 490. The highest BCUT2D eigenvalue weighted by molar-refractivity contribution is 6.30. The van der Waals surface area contributed by atoms with Gasteiger partial charge in [-0.3, -0.25) is 0 Å². The Labute approximate surface area is 92.0 Å². The predicted octanol–water partition coefficient (Wildman–Crippen LogP) is 1.99. The fraction of sp³-hybridized carbons (Fsp3) is 0. The Morgan fingerprint density at radius 2 is 2.27 bits per heavy atom. The van der Waals surface area contributed by atoms with Crippen molar-refractivity contribution < 1.29 is 0 Å². The largest absolute Gasteiger partial charge is 0.403 e. The van der Waals surface area contributed by atoms with E-state index in [1.807, 2.05) is 24.3 Å². The second-order valence-corrected chi connectivity index (χ2v) is 3.34. The van der Waals surface area contributed by atoms with Gasteiger partial charge in [-0.1, -0.05) is 23.7 Å². The second kappa shape index (κ2) is 4.14. The number of benzene rings is 1. The van der Waals surface area contributed by atoms with Crippen molar-refractivity contribution in [2.75, 3.05) is 0 Å². The minimum Gasteiger partial charge on any atom is -0.403 e. The van der Waals surface area contributed by atoms with Crippen LogP contribution in [0.2, 0.25) is 5.02 Å². The van der Waals surface area contributed by atoms with E-state index in [2.05, 4.69) is 10.1 Å². The molecule has 1 aromatic carbocycles. The zero-order chi connectivity index (χ0) is 10.7. The molecule has 1 heterocycles. The molecule has 2 N–H and O–H groups in total. The third-order valence-corrected chi connectivity index (χ3v) is 2.07. The highest BCUT2D eigenvalue weighted by atomic mass is 35.5. The summed E-state index contributed by atoms with van der Waals surface area (Å²) in [6, 6.07) is 7.38. The molecule has 2 aromatic rings. The average Bonchev–Trinajstić information content (AvgIpc) is 2.67. The normalized spacial score (nSPS) is 11.0. The summed E-state index contributed by atoms with van der Waals surface area (Å²) in [5.41, 5.74) is 6.12. The maximum Gasteiger partial charge on any atom is 0.181 e. The SMILES string of the molecule is N/C=C\n1cnc(-c2cccc(Cl)c2)n1. The Balaban J connectivity index is 2.37. The van der Waals surface area contributed by atoms with Crippen molar-refractivity contribution in [1.29, 1.82) is 0 Å². The number of aromatic nitrogens is 3. The van der Waals surface area contributed by atoms with Crippen LogP contribution < -0.4 is 5.73 Å². The molecule has 1 aromatic heterocycles. The first kappa shape index (κ1) is 9.73. The zero-order valence-electron chi connectivity index (χ0n) is 7.84. The minimum atomic E-state index is 0.621. The zero-order valence-corrected chi connectivity index (χ0v) is 8.59. The fourth-order valence-corrected chi connectivity index (χ4v) is 1.38. The lowest BCUT2D eigenvalue weighted by molar-refractivity contribution is 0.935. The molecule has 0 aliphatic heterocycles. The van der Waals surface area contributed by atoms with Gasteiger partial charge in [-0.15, -0.1) is 5.10 Å². The topological polar surface area (TPSA) is 56.7 Å². The first-order chi connectivity index (χ1) is 7.29. The van der Waals surface area contributed by atoms with Crippen molar-refractivity contribution in [2.24, 2.45) is 5.73 Å². The molecule has 15 heavy (non-hydrogen) atoms. The molecule has 0 fully saturated rings. The van der Waals surface area contributed by atoms with E-state index in [1.165, 1.54) is 10.9 Å². The summed E-state index contributed by atoms with van der Waals surface area (Å²) in [6.45, 7) is 0. The van der Waals surface area contributed by atoms with Crippen molar-refractivity contribution in [3.8, 4) is 11.4 Å². The van der Waals surface area contributed by atoms with Gasteiger partial charge in [0, 0.05) is 23.0 Å². The lowest BCUT2D eigenvalue weighted by Gasteiger charge is -1.94. The number of nitrogens with two attached hydrogens (primary N) is 1. The number of hydrogen-bond donors (Lipinski definition) is 1. The van der Waals surface area contributed by atoms with E-state index in [1.54, 1.807) is 12.5 Å². The maximum absolute atomic E-state index is 5.87. The van der Waals surface area contributed by atoms with Crippen LogP contribution in [0.1, 0.15) is 0 Å². The molecule has 4 nitrogen and oxygen atoms in total. The van der Waals surface area contributed by atoms with Gasteiger partial charge in [0.25, 0.3) is 0 Å². The summed E-state index contributed by atoms with van der Waals surface area (Å²) >= 11 is 5.87. The average molecular weight is 221 g/mol. The number of hydrogen-bond acceptors (Lipinski definition) is 3. The molecule has 0 unspecified atom stereocenters. The van der Waals surface area contributed by atoms with E-state index in [0.717, 1.165) is 5.56 Å². The molecule has 0 bridgehead atoms. The molecular formula is C10H9ClN4. The lowest BCUT2D eigenvalue weighted by atomic mass is 10.2. The Hall–Kier alpha value is -1.81. The first-order valence-corrected chi connectivity index (χ1v) is 4.73. The smallest absolute Gasteiger partial charge is 0.181 e. The summed E-state index contributed by atoms with van der Waals surface area (Å²) in [7, 11) is 0. The van der Waals surface area contributed by atoms with E-state index in [9.17, 15) is 0 Å². The van der Waals surface area contributed by atoms with Crippen molar-refractivity contribution in [2.45, 2.75) is 0 Å². The number of halogens is 1. The molecule has 0 atom stereocenters. The van der Waals surface area contributed by atoms with E-state index >= 15 is 0 Å². The summed E-state index contributed by atoms with van der Waals surface area (Å²) < 4.78 is 1.54. The van der Waals surface area contributed by atoms with Crippen LogP contribution >= 0.6 is 11.6 Å². The van der Waals surface area contributed by atoms with Crippen molar-refractivity contribution in [3.63, 3.8) is 0 Å². The predicted molar refractivity (Wildman–Crippen MR) is 60.0 cm³/mol. The third kappa shape index (κ3) is 2.16. The number of nitrogens with zero attached hydrogens (tertiary/aromatic N) is 3. The molecule has 0 spiro atoms. The molecular weight excluding hydrogens is 212 g/mol. The van der Waals surface area contributed by atoms with Crippen LogP contribution in [-0.2, 0) is 0 Å². The van der Waals surface area contributed by atoms with Gasteiger partial charge in [-0.25, -0.2) is 9.67 Å². The summed E-state index contributed by atoms with van der Waals surface area (Å²) in [6.07, 6.45) is 4.59. The molecule has 5 heteroatoms. The molecule has 0 aliphatic rings. The molecule has 0 saturated heterocycles. The van der Waals surface area contributed by atoms with Gasteiger partial charge in [0.1, 0.15) is 6.33 Å². The van der Waals surface area contributed by atoms with E-state index in [4.69, 9.17) is 17.3 Å². The summed E-state index contributed by atoms with van der Waals surface area (Å²) in [4.78, 5) is 4.13. The quantitative estimate of drug-likeness (QED) is 0.842. The van der Waals surface area contributed by atoms with Crippen LogP contribution in [0, 0.1) is 0 Å². The van der Waals surface area contributed by atoms with Crippen molar-refractivity contribution in [1.82, 2.24) is 14.8 Å². The molecule has 0 radical (unpaired) electrons. The van der Waals surface area contributed by atoms with Crippen LogP contribution in [-0.4, -0.2) is 14.8 Å². The van der Waals surface area contributed by atoms with Gasteiger partial charge >= 0.3 is 0 Å². The van der Waals surface area contributed by atoms with Crippen LogP contribution in [0.25, 0.3) is 17.6 Å². The fourth-order valence-electron chi connectivity index (χ4n) is 1.19. The highest BCUT2D eigenvalue weighted by Crippen LogP contribution is 2.18. The van der Waals surface area contributed by atoms with E-state index in [0.29, 0.717) is 10.8 Å². The van der Waals surface area contributed by atoms with E-state index < -0.39 is 0 Å². The maximum atomic E-state index is 5.87. The van der Waals surface area contributed by atoms with Gasteiger partial charge in [0.2, 0.25) is 0 Å².